The number of thiazole rings is 1. The lowest BCUT2D eigenvalue weighted by Crippen LogP contribution is -2.49. The topological polar surface area (TPSA) is 115 Å². The van der Waals surface area contributed by atoms with Gasteiger partial charge in [0, 0.05) is 11.7 Å². The number of likely N-dealkylation sites (N-methyl/N-ethyl adjacent to an activating group) is 1. The predicted octanol–water partition coefficient (Wildman–Crippen LogP) is 5.38. The third-order valence-electron chi connectivity index (χ3n) is 7.85. The van der Waals surface area contributed by atoms with Crippen LogP contribution in [0.3, 0.4) is 0 Å². The van der Waals surface area contributed by atoms with Crippen molar-refractivity contribution in [3.63, 3.8) is 0 Å². The number of nitrogens with zero attached hydrogens (tertiary/aromatic N) is 3. The number of fused-ring (bicyclic) bond motifs is 1. The van der Waals surface area contributed by atoms with Gasteiger partial charge in [0.1, 0.15) is 11.6 Å². The Labute approximate surface area is 238 Å². The number of rotatable bonds is 9. The Bertz CT molecular complexity index is 1470. The minimum Gasteiger partial charge on any atom is -0.493 e. The van der Waals surface area contributed by atoms with Gasteiger partial charge in [0.15, 0.2) is 5.13 Å². The van der Waals surface area contributed by atoms with E-state index in [4.69, 9.17) is 14.9 Å². The number of hydrogen-bond donors (Lipinski definition) is 1. The Balaban J connectivity index is 1.50. The summed E-state index contributed by atoms with van der Waals surface area (Å²) in [6, 6.07) is 10.1. The van der Waals surface area contributed by atoms with Crippen molar-refractivity contribution < 1.29 is 26.5 Å². The molecular weight excluding hydrogens is 555 g/mol. The van der Waals surface area contributed by atoms with E-state index in [0.717, 1.165) is 48.3 Å². The zero-order valence-corrected chi connectivity index (χ0v) is 24.3. The molecule has 1 heterocycles. The molecule has 2 aliphatic rings. The van der Waals surface area contributed by atoms with Gasteiger partial charge in [-0.1, -0.05) is 37.0 Å². The molecule has 0 unspecified atom stereocenters. The van der Waals surface area contributed by atoms with Gasteiger partial charge in [0.2, 0.25) is 0 Å². The van der Waals surface area contributed by atoms with Crippen molar-refractivity contribution >= 4 is 48.6 Å². The fourth-order valence-corrected chi connectivity index (χ4v) is 7.26. The Morgan fingerprint density at radius 2 is 1.75 bits per heavy atom. The molecule has 2 N–H and O–H groups in total. The molecule has 2 aliphatic carbocycles. The summed E-state index contributed by atoms with van der Waals surface area (Å²) in [6.45, 7) is 0.718. The average molecular weight is 591 g/mol. The van der Waals surface area contributed by atoms with E-state index in [0.29, 0.717) is 16.7 Å². The molecule has 1 aromatic heterocycles. The number of aromatic nitrogens is 1. The quantitative estimate of drug-likeness (QED) is 0.354. The van der Waals surface area contributed by atoms with E-state index in [1.54, 1.807) is 6.07 Å². The van der Waals surface area contributed by atoms with Crippen LogP contribution in [0.2, 0.25) is 0 Å². The number of ether oxygens (including phenoxy) is 1. The summed E-state index contributed by atoms with van der Waals surface area (Å²) in [6.07, 6.45) is 8.95. The van der Waals surface area contributed by atoms with Crippen molar-refractivity contribution in [1.82, 2.24) is 9.88 Å². The SMILES string of the molecule is CN(C)[C@H]1CCCC[C@@H]1N(c1ccc(C(=O)OS(N)(=O)=O)c(F)c1)c1nc2ccc(OCC3CCCC3)cc2s1. The second-order valence-corrected chi connectivity index (χ2v) is 13.0. The number of hydrogen-bond acceptors (Lipinski definition) is 9. The predicted molar refractivity (Wildman–Crippen MR) is 154 cm³/mol. The van der Waals surface area contributed by atoms with Crippen LogP contribution < -0.4 is 14.8 Å². The number of halogens is 1. The lowest BCUT2D eigenvalue weighted by Gasteiger charge is -2.42. The summed E-state index contributed by atoms with van der Waals surface area (Å²) in [5, 5.41) is 5.50. The van der Waals surface area contributed by atoms with E-state index >= 15 is 4.39 Å². The van der Waals surface area contributed by atoms with E-state index in [1.165, 1.54) is 49.2 Å². The summed E-state index contributed by atoms with van der Waals surface area (Å²) in [5.74, 6) is -0.851. The number of benzene rings is 2. The molecule has 3 aromatic rings. The highest BCUT2D eigenvalue weighted by Crippen LogP contribution is 2.41. The van der Waals surface area contributed by atoms with Crippen molar-refractivity contribution in [3.8, 4) is 5.75 Å². The fraction of sp³-hybridized carbons (Fsp3) is 0.500. The molecule has 40 heavy (non-hydrogen) atoms. The highest BCUT2D eigenvalue weighted by molar-refractivity contribution is 7.84. The van der Waals surface area contributed by atoms with E-state index in [1.807, 2.05) is 37.2 Å². The molecule has 0 radical (unpaired) electrons. The molecular formula is C28H35FN4O5S2. The molecule has 2 saturated carbocycles. The summed E-state index contributed by atoms with van der Waals surface area (Å²) in [7, 11) is -0.486. The lowest BCUT2D eigenvalue weighted by molar-refractivity contribution is 0.0742. The summed E-state index contributed by atoms with van der Waals surface area (Å²) >= 11 is 1.51. The molecule has 0 bridgehead atoms. The third-order valence-corrected chi connectivity index (χ3v) is 9.25. The maximum atomic E-state index is 15.2. The number of carbonyl (C=O) groups is 1. The molecule has 0 amide bonds. The third kappa shape index (κ3) is 6.56. The van der Waals surface area contributed by atoms with Crippen LogP contribution >= 0.6 is 11.3 Å². The van der Waals surface area contributed by atoms with Crippen molar-refractivity contribution in [2.45, 2.75) is 63.5 Å². The first kappa shape index (κ1) is 28.7. The Morgan fingerprint density at radius 1 is 1.05 bits per heavy atom. The molecule has 2 atom stereocenters. The highest BCUT2D eigenvalue weighted by Gasteiger charge is 2.35. The van der Waals surface area contributed by atoms with Gasteiger partial charge >= 0.3 is 16.3 Å². The molecule has 9 nitrogen and oxygen atoms in total. The Morgan fingerprint density at radius 3 is 2.42 bits per heavy atom. The number of nitrogens with two attached hydrogens (primary N) is 1. The average Bonchev–Trinajstić information content (AvgIpc) is 3.56. The smallest absolute Gasteiger partial charge is 0.382 e. The minimum atomic E-state index is -4.57. The maximum Gasteiger partial charge on any atom is 0.382 e. The number of carbonyl (C=O) groups excluding carboxylic acids is 1. The van der Waals surface area contributed by atoms with Crippen LogP contribution in [0.4, 0.5) is 15.2 Å². The molecule has 0 spiro atoms. The van der Waals surface area contributed by atoms with Gasteiger partial charge < -0.3 is 18.7 Å². The van der Waals surface area contributed by atoms with Crippen LogP contribution in [0.1, 0.15) is 61.7 Å². The molecule has 12 heteroatoms. The van der Waals surface area contributed by atoms with Crippen LogP contribution in [0.15, 0.2) is 36.4 Å². The normalized spacial score (nSPS) is 20.2. The van der Waals surface area contributed by atoms with Crippen LogP contribution in [0.5, 0.6) is 5.75 Å². The molecule has 216 valence electrons. The minimum absolute atomic E-state index is 0.00372. The molecule has 5 rings (SSSR count). The van der Waals surface area contributed by atoms with E-state index < -0.39 is 27.7 Å². The van der Waals surface area contributed by atoms with Crippen molar-refractivity contribution in [2.24, 2.45) is 11.1 Å². The summed E-state index contributed by atoms with van der Waals surface area (Å²) < 4.78 is 48.9. The monoisotopic (exact) mass is 590 g/mol. The molecule has 2 fully saturated rings. The Hall–Kier alpha value is -2.80. The van der Waals surface area contributed by atoms with Gasteiger partial charge in [-0.15, -0.1) is 0 Å². The molecule has 0 saturated heterocycles. The zero-order valence-electron chi connectivity index (χ0n) is 22.7. The number of anilines is 2. The standard InChI is InChI=1S/C28H35FN4O5S2/c1-32(2)24-9-5-6-10-25(24)33(19-11-13-21(22(29)15-19)27(34)38-40(30,35)36)28-31-23-14-12-20(16-26(23)39-28)37-17-18-7-3-4-8-18/h11-16,18,24-25H,3-10,17H2,1-2H3,(H2,30,35,36)/t24-,25-/m0/s1. The fourth-order valence-electron chi connectivity index (χ4n) is 5.89. The Kier molecular flexibility index (Phi) is 8.60. The van der Waals surface area contributed by atoms with E-state index in [9.17, 15) is 13.2 Å². The first-order valence-corrected chi connectivity index (χ1v) is 15.9. The van der Waals surface area contributed by atoms with Gasteiger partial charge in [-0.3, -0.25) is 0 Å². The van der Waals surface area contributed by atoms with Crippen molar-refractivity contribution in [1.29, 1.82) is 0 Å². The first-order valence-electron chi connectivity index (χ1n) is 13.6. The second-order valence-electron chi connectivity index (χ2n) is 10.9. The van der Waals surface area contributed by atoms with E-state index in [-0.39, 0.29) is 12.1 Å². The van der Waals surface area contributed by atoms with Gasteiger partial charge in [0.05, 0.1) is 28.4 Å². The van der Waals surface area contributed by atoms with Crippen LogP contribution in [-0.4, -0.2) is 57.1 Å². The molecule has 0 aliphatic heterocycles. The van der Waals surface area contributed by atoms with Crippen molar-refractivity contribution in [3.05, 3.63) is 47.8 Å². The maximum absolute atomic E-state index is 15.2. The van der Waals surface area contributed by atoms with Gasteiger partial charge in [0.25, 0.3) is 0 Å². The van der Waals surface area contributed by atoms with Crippen molar-refractivity contribution in [2.75, 3.05) is 25.6 Å². The van der Waals surface area contributed by atoms with Crippen LogP contribution in [-0.2, 0) is 14.5 Å². The van der Waals surface area contributed by atoms with Gasteiger partial charge in [-0.05, 0) is 82.1 Å². The van der Waals surface area contributed by atoms with E-state index in [2.05, 4.69) is 9.08 Å². The van der Waals surface area contributed by atoms with Crippen LogP contribution in [0, 0.1) is 11.7 Å². The summed E-state index contributed by atoms with van der Waals surface area (Å²) in [5.41, 5.74) is 0.823. The van der Waals surface area contributed by atoms with Gasteiger partial charge in [-0.2, -0.15) is 13.6 Å². The largest absolute Gasteiger partial charge is 0.493 e. The second kappa shape index (κ2) is 12.0. The lowest BCUT2D eigenvalue weighted by atomic mass is 9.88. The highest BCUT2D eigenvalue weighted by atomic mass is 32.2. The van der Waals surface area contributed by atoms with Crippen LogP contribution in [0.25, 0.3) is 10.2 Å². The summed E-state index contributed by atoms with van der Waals surface area (Å²) in [4.78, 5) is 21.4. The first-order chi connectivity index (χ1) is 19.1. The molecule has 2 aromatic carbocycles. The van der Waals surface area contributed by atoms with Gasteiger partial charge in [-0.25, -0.2) is 14.2 Å². The zero-order chi connectivity index (χ0) is 28.4.